The normalized spacial score (nSPS) is 11.2. The van der Waals surface area contributed by atoms with Crippen molar-refractivity contribution in [3.8, 4) is 89.4 Å². The summed E-state index contributed by atoms with van der Waals surface area (Å²) in [7, 11) is 0. The molecule has 0 radical (unpaired) electrons. The van der Waals surface area contributed by atoms with Crippen molar-refractivity contribution in [1.29, 1.82) is 0 Å². The van der Waals surface area contributed by atoms with Gasteiger partial charge in [-0.2, -0.15) is 0 Å². The van der Waals surface area contributed by atoms with E-state index in [-0.39, 0.29) is 0 Å². The van der Waals surface area contributed by atoms with E-state index in [1.165, 1.54) is 33.0 Å². The molecule has 0 aliphatic rings. The third-order valence-corrected chi connectivity index (χ3v) is 11.8. The Morgan fingerprint density at radius 3 is 1.21 bits per heavy atom. The van der Waals surface area contributed by atoms with Crippen molar-refractivity contribution in [2.24, 2.45) is 0 Å². The lowest BCUT2D eigenvalue weighted by atomic mass is 9.92. The van der Waals surface area contributed by atoms with Crippen molar-refractivity contribution in [3.05, 3.63) is 243 Å². The number of fused-ring (bicyclic) bond motifs is 3. The first-order chi connectivity index (χ1) is 30.7. The fourth-order valence-electron chi connectivity index (χ4n) is 8.70. The van der Waals surface area contributed by atoms with Crippen LogP contribution in [0, 0.1) is 0 Å². The second-order valence-corrected chi connectivity index (χ2v) is 15.8. The van der Waals surface area contributed by atoms with Crippen molar-refractivity contribution in [1.82, 2.24) is 9.97 Å². The number of hydrogen-bond acceptors (Lipinski definition) is 2. The van der Waals surface area contributed by atoms with Crippen molar-refractivity contribution in [3.63, 3.8) is 0 Å². The minimum Gasteiger partial charge on any atom is -0.248 e. The predicted molar refractivity (Wildman–Crippen MR) is 261 cm³/mol. The Kier molecular flexibility index (Phi) is 9.57. The molecule has 0 aliphatic carbocycles. The fraction of sp³-hybridized carbons (Fsp3) is 0. The maximum absolute atomic E-state index is 5.35. The predicted octanol–water partition coefficient (Wildman–Crippen LogP) is 16.1. The number of rotatable bonds is 8. The molecule has 0 saturated carbocycles. The summed E-state index contributed by atoms with van der Waals surface area (Å²) in [6, 6.07) is 86.6. The van der Waals surface area contributed by atoms with Crippen LogP contribution in [0.2, 0.25) is 0 Å². The van der Waals surface area contributed by atoms with Gasteiger partial charge in [0, 0.05) is 22.1 Å². The maximum Gasteiger partial charge on any atom is 0.0722 e. The highest BCUT2D eigenvalue weighted by Crippen LogP contribution is 2.39. The van der Waals surface area contributed by atoms with E-state index < -0.39 is 0 Å². The average molecular weight is 789 g/mol. The van der Waals surface area contributed by atoms with Crippen molar-refractivity contribution in [2.75, 3.05) is 0 Å². The van der Waals surface area contributed by atoms with Gasteiger partial charge in [0.15, 0.2) is 0 Å². The van der Waals surface area contributed by atoms with Crippen LogP contribution in [0.15, 0.2) is 243 Å². The quantitative estimate of drug-likeness (QED) is 0.143. The van der Waals surface area contributed by atoms with E-state index in [1.807, 2.05) is 6.07 Å². The van der Waals surface area contributed by atoms with Gasteiger partial charge in [-0.25, -0.2) is 9.97 Å². The van der Waals surface area contributed by atoms with E-state index in [0.29, 0.717) is 0 Å². The van der Waals surface area contributed by atoms with E-state index in [1.54, 1.807) is 0 Å². The Balaban J connectivity index is 1.02. The third-order valence-electron chi connectivity index (χ3n) is 11.8. The SMILES string of the molecule is c1ccc(-c2cccc(-c3cc(-c4cccc(-c5ccc6c(ccc7nc(-c8ccccc8)cc(-c8ccccc8)c76)c5)c4)cc(-c4cccc(-c5ccccc5)c4)n3)c2)cc1. The summed E-state index contributed by atoms with van der Waals surface area (Å²) in [5.74, 6) is 0. The van der Waals surface area contributed by atoms with Crippen molar-refractivity contribution in [2.45, 2.75) is 0 Å². The highest BCUT2D eigenvalue weighted by Gasteiger charge is 2.15. The lowest BCUT2D eigenvalue weighted by molar-refractivity contribution is 1.32. The van der Waals surface area contributed by atoms with Gasteiger partial charge >= 0.3 is 0 Å². The van der Waals surface area contributed by atoms with Crippen LogP contribution in [0.5, 0.6) is 0 Å². The first-order valence-corrected chi connectivity index (χ1v) is 21.1. The van der Waals surface area contributed by atoms with Gasteiger partial charge in [-0.15, -0.1) is 0 Å². The van der Waals surface area contributed by atoms with Crippen molar-refractivity contribution < 1.29 is 0 Å². The summed E-state index contributed by atoms with van der Waals surface area (Å²) in [5.41, 5.74) is 18.7. The molecule has 0 spiro atoms. The zero-order valence-electron chi connectivity index (χ0n) is 34.0. The topological polar surface area (TPSA) is 25.8 Å². The molecule has 2 nitrogen and oxygen atoms in total. The number of hydrogen-bond donors (Lipinski definition) is 0. The molecule has 9 aromatic carbocycles. The van der Waals surface area contributed by atoms with Gasteiger partial charge in [-0.1, -0.05) is 194 Å². The molecule has 0 unspecified atom stereocenters. The molecule has 0 saturated heterocycles. The minimum absolute atomic E-state index is 0.932. The summed E-state index contributed by atoms with van der Waals surface area (Å²) in [6.45, 7) is 0. The third kappa shape index (κ3) is 7.25. The second kappa shape index (κ2) is 16.1. The Labute approximate surface area is 362 Å². The largest absolute Gasteiger partial charge is 0.248 e. The zero-order chi connectivity index (χ0) is 41.2. The highest BCUT2D eigenvalue weighted by molar-refractivity contribution is 6.14. The molecule has 11 rings (SSSR count). The van der Waals surface area contributed by atoms with E-state index in [4.69, 9.17) is 9.97 Å². The zero-order valence-corrected chi connectivity index (χ0v) is 34.0. The summed E-state index contributed by atoms with van der Waals surface area (Å²) < 4.78 is 0. The Morgan fingerprint density at radius 1 is 0.226 bits per heavy atom. The summed E-state index contributed by atoms with van der Waals surface area (Å²) in [6.07, 6.45) is 0. The smallest absolute Gasteiger partial charge is 0.0722 e. The molecule has 2 heterocycles. The standard InChI is InChI=1S/C60H40N2/c1-5-16-41(17-6-1)45-24-14-28-51(36-45)57-38-53(39-58(62-57)52-29-15-25-46(37-52)42-18-7-2-8-19-42)48-27-13-26-47(34-48)49-30-32-54-50(35-49)31-33-56-60(54)55(43-20-9-3-10-21-43)40-59(61-56)44-22-11-4-12-23-44/h1-40H. The maximum atomic E-state index is 5.35. The van der Waals surface area contributed by atoms with Gasteiger partial charge in [0.05, 0.1) is 22.6 Å². The van der Waals surface area contributed by atoms with Crippen LogP contribution in [0.25, 0.3) is 111 Å². The number of pyridine rings is 2. The molecule has 11 aromatic rings. The number of nitrogens with zero attached hydrogens (tertiary/aromatic N) is 2. The molecule has 0 atom stereocenters. The summed E-state index contributed by atoms with van der Waals surface area (Å²) in [4.78, 5) is 10.6. The van der Waals surface area contributed by atoms with Gasteiger partial charge < -0.3 is 0 Å². The highest BCUT2D eigenvalue weighted by atomic mass is 14.7. The van der Waals surface area contributed by atoms with E-state index >= 15 is 0 Å². The first kappa shape index (κ1) is 36.8. The minimum atomic E-state index is 0.932. The van der Waals surface area contributed by atoms with Gasteiger partial charge in [0.25, 0.3) is 0 Å². The lowest BCUT2D eigenvalue weighted by Gasteiger charge is -2.14. The van der Waals surface area contributed by atoms with Gasteiger partial charge in [0.2, 0.25) is 0 Å². The van der Waals surface area contributed by atoms with E-state index in [0.717, 1.165) is 78.1 Å². The van der Waals surface area contributed by atoms with Crippen molar-refractivity contribution >= 4 is 21.7 Å². The van der Waals surface area contributed by atoms with Crippen LogP contribution in [-0.4, -0.2) is 9.97 Å². The Hall–Kier alpha value is -8.20. The van der Waals surface area contributed by atoms with Gasteiger partial charge in [0.1, 0.15) is 0 Å². The molecule has 62 heavy (non-hydrogen) atoms. The molecule has 0 fully saturated rings. The fourth-order valence-corrected chi connectivity index (χ4v) is 8.70. The van der Waals surface area contributed by atoms with Crippen LogP contribution in [0.1, 0.15) is 0 Å². The molecule has 2 aromatic heterocycles. The van der Waals surface area contributed by atoms with Gasteiger partial charge in [-0.05, 0) is 115 Å². The first-order valence-electron chi connectivity index (χ1n) is 21.1. The van der Waals surface area contributed by atoms with Crippen LogP contribution >= 0.6 is 0 Å². The van der Waals surface area contributed by atoms with Crippen LogP contribution < -0.4 is 0 Å². The van der Waals surface area contributed by atoms with E-state index in [2.05, 4.69) is 237 Å². The second-order valence-electron chi connectivity index (χ2n) is 15.8. The van der Waals surface area contributed by atoms with Crippen LogP contribution in [-0.2, 0) is 0 Å². The molecule has 0 bridgehead atoms. The molecular formula is C60H40N2. The molecule has 2 heteroatoms. The molecule has 0 aliphatic heterocycles. The molecule has 0 amide bonds. The monoisotopic (exact) mass is 788 g/mol. The lowest BCUT2D eigenvalue weighted by Crippen LogP contribution is -1.93. The summed E-state index contributed by atoms with van der Waals surface area (Å²) in [5, 5.41) is 3.53. The Morgan fingerprint density at radius 2 is 0.645 bits per heavy atom. The summed E-state index contributed by atoms with van der Waals surface area (Å²) >= 11 is 0. The van der Waals surface area contributed by atoms with Crippen LogP contribution in [0.4, 0.5) is 0 Å². The number of aromatic nitrogens is 2. The average Bonchev–Trinajstić information content (AvgIpc) is 3.37. The Bertz CT molecular complexity index is 3280. The number of benzene rings is 9. The molecule has 290 valence electrons. The van der Waals surface area contributed by atoms with Crippen LogP contribution in [0.3, 0.4) is 0 Å². The van der Waals surface area contributed by atoms with Gasteiger partial charge in [-0.3, -0.25) is 0 Å². The molecule has 0 N–H and O–H groups in total. The van der Waals surface area contributed by atoms with E-state index in [9.17, 15) is 0 Å². The molecular weight excluding hydrogens is 749 g/mol.